The Kier molecular flexibility index (Phi) is 11.7. The molecule has 0 aromatic heterocycles. The molecule has 1 unspecified atom stereocenters. The summed E-state index contributed by atoms with van der Waals surface area (Å²) in [6.45, 7) is 14.7. The Morgan fingerprint density at radius 1 is 0.962 bits per heavy atom. The lowest BCUT2D eigenvalue weighted by Crippen LogP contribution is -2.57. The van der Waals surface area contributed by atoms with Crippen LogP contribution in [0.15, 0.2) is 0 Å². The summed E-state index contributed by atoms with van der Waals surface area (Å²) < 4.78 is 7.64. The van der Waals surface area contributed by atoms with E-state index in [9.17, 15) is 4.79 Å². The molecule has 0 spiro atoms. The predicted molar refractivity (Wildman–Crippen MR) is 114 cm³/mol. The minimum atomic E-state index is -1.27. The van der Waals surface area contributed by atoms with E-state index >= 15 is 0 Å². The van der Waals surface area contributed by atoms with Crippen LogP contribution in [0.2, 0.25) is 19.1 Å². The topological polar surface area (TPSA) is 32.8 Å². The van der Waals surface area contributed by atoms with Gasteiger partial charge in [0.2, 0.25) is 0 Å². The van der Waals surface area contributed by atoms with E-state index < -0.39 is 8.24 Å². The number of methoxy groups -OCH3 is 1. The van der Waals surface area contributed by atoms with E-state index in [1.807, 2.05) is 6.92 Å². The van der Waals surface area contributed by atoms with E-state index in [1.165, 1.54) is 77.6 Å². The Hall–Kier alpha value is -0.393. The van der Waals surface area contributed by atoms with E-state index in [1.54, 1.807) is 0 Å². The van der Waals surface area contributed by atoms with Gasteiger partial charge in [-0.25, -0.2) is 0 Å². The van der Waals surface area contributed by atoms with E-state index in [4.69, 9.17) is 4.74 Å². The zero-order valence-corrected chi connectivity index (χ0v) is 19.2. The molecular formula is C21H44N2O2Si. The fourth-order valence-electron chi connectivity index (χ4n) is 4.05. The van der Waals surface area contributed by atoms with Crippen molar-refractivity contribution in [2.45, 2.75) is 84.4 Å². The van der Waals surface area contributed by atoms with Crippen LogP contribution in [-0.4, -0.2) is 63.5 Å². The third-order valence-corrected chi connectivity index (χ3v) is 9.74. The highest BCUT2D eigenvalue weighted by Crippen LogP contribution is 2.22. The number of piperazine rings is 1. The van der Waals surface area contributed by atoms with Gasteiger partial charge < -0.3 is 14.2 Å². The number of carbonyl (C=O) groups is 1. The zero-order chi connectivity index (χ0) is 19.4. The first-order valence-corrected chi connectivity index (χ1v) is 14.1. The molecule has 1 aliphatic heterocycles. The maximum Gasteiger partial charge on any atom is 0.309 e. The number of nitrogens with zero attached hydrogens (tertiary/aromatic N) is 2. The molecule has 0 N–H and O–H groups in total. The molecule has 0 aromatic carbocycles. The van der Waals surface area contributed by atoms with Crippen molar-refractivity contribution in [2.24, 2.45) is 5.92 Å². The minimum Gasteiger partial charge on any atom is -0.469 e. The highest BCUT2D eigenvalue weighted by Gasteiger charge is 2.32. The summed E-state index contributed by atoms with van der Waals surface area (Å²) in [5.74, 6) is -0.106. The number of unbranched alkanes of at least 4 members (excludes halogenated alkanes) is 7. The Labute approximate surface area is 163 Å². The van der Waals surface area contributed by atoms with Crippen LogP contribution in [0.5, 0.6) is 0 Å². The molecule has 0 aromatic rings. The van der Waals surface area contributed by atoms with Crippen LogP contribution in [0.4, 0.5) is 0 Å². The fourth-order valence-corrected chi connectivity index (χ4v) is 6.89. The van der Waals surface area contributed by atoms with Crippen molar-refractivity contribution in [2.75, 3.05) is 39.8 Å². The van der Waals surface area contributed by atoms with Crippen LogP contribution in [0.25, 0.3) is 0 Å². The van der Waals surface area contributed by atoms with Gasteiger partial charge in [-0.2, -0.15) is 0 Å². The highest BCUT2D eigenvalue weighted by molar-refractivity contribution is 6.74. The highest BCUT2D eigenvalue weighted by atomic mass is 28.3. The number of carbonyl (C=O) groups excluding carboxylic acids is 1. The molecule has 5 heteroatoms. The summed E-state index contributed by atoms with van der Waals surface area (Å²) >= 11 is 0. The van der Waals surface area contributed by atoms with Crippen molar-refractivity contribution in [3.05, 3.63) is 0 Å². The average molecular weight is 385 g/mol. The van der Waals surface area contributed by atoms with Gasteiger partial charge in [-0.1, -0.05) is 78.3 Å². The molecule has 0 radical (unpaired) electrons. The van der Waals surface area contributed by atoms with Crippen molar-refractivity contribution in [1.82, 2.24) is 9.47 Å². The molecule has 1 rings (SSSR count). The van der Waals surface area contributed by atoms with Gasteiger partial charge in [0.15, 0.2) is 0 Å². The number of rotatable bonds is 13. The number of esters is 1. The summed E-state index contributed by atoms with van der Waals surface area (Å²) in [4.78, 5) is 14.0. The van der Waals surface area contributed by atoms with Crippen molar-refractivity contribution < 1.29 is 9.53 Å². The maximum absolute atomic E-state index is 11.6. The summed E-state index contributed by atoms with van der Waals surface area (Å²) in [5.41, 5.74) is 0. The van der Waals surface area contributed by atoms with Crippen LogP contribution in [0.3, 0.4) is 0 Å². The lowest BCUT2D eigenvalue weighted by Gasteiger charge is -2.43. The molecule has 1 heterocycles. The second-order valence-corrected chi connectivity index (χ2v) is 13.5. The molecule has 154 valence electrons. The summed E-state index contributed by atoms with van der Waals surface area (Å²) in [7, 11) is 0.215. The van der Waals surface area contributed by atoms with E-state index in [2.05, 4.69) is 29.5 Å². The third-order valence-electron chi connectivity index (χ3n) is 6.01. The van der Waals surface area contributed by atoms with E-state index in [-0.39, 0.29) is 11.9 Å². The largest absolute Gasteiger partial charge is 0.469 e. The second-order valence-electron chi connectivity index (χ2n) is 8.75. The summed E-state index contributed by atoms with van der Waals surface area (Å²) in [6, 6.07) is 1.43. The van der Waals surface area contributed by atoms with Gasteiger partial charge >= 0.3 is 5.97 Å². The Morgan fingerprint density at radius 3 is 2.04 bits per heavy atom. The first kappa shape index (κ1) is 23.6. The quantitative estimate of drug-likeness (QED) is 0.260. The van der Waals surface area contributed by atoms with Gasteiger partial charge in [0, 0.05) is 32.7 Å². The van der Waals surface area contributed by atoms with Crippen molar-refractivity contribution >= 4 is 14.2 Å². The Balaban J connectivity index is 2.18. The molecule has 1 saturated heterocycles. The fraction of sp³-hybridized carbons (Fsp3) is 0.952. The third kappa shape index (κ3) is 9.00. The van der Waals surface area contributed by atoms with Gasteiger partial charge in [-0.15, -0.1) is 0 Å². The first-order chi connectivity index (χ1) is 12.4. The molecule has 0 aliphatic carbocycles. The standard InChI is InChI=1S/C21H44N2O2Si/c1-6-7-8-9-10-11-12-13-18-26(4,5)23-16-14-22(15-17-23)19-20(2)21(24)25-3/h20H,6-19H2,1-5H3. The van der Waals surface area contributed by atoms with Crippen molar-refractivity contribution in [1.29, 1.82) is 0 Å². The summed E-state index contributed by atoms with van der Waals surface area (Å²) in [6.07, 6.45) is 11.3. The van der Waals surface area contributed by atoms with Crippen molar-refractivity contribution in [3.8, 4) is 0 Å². The van der Waals surface area contributed by atoms with Gasteiger partial charge in [0.25, 0.3) is 0 Å². The normalized spacial score (nSPS) is 18.0. The maximum atomic E-state index is 11.6. The lowest BCUT2D eigenvalue weighted by molar-refractivity contribution is -0.145. The predicted octanol–water partition coefficient (Wildman–Crippen LogP) is 4.76. The van der Waals surface area contributed by atoms with Crippen LogP contribution < -0.4 is 0 Å². The first-order valence-electron chi connectivity index (χ1n) is 11.0. The molecule has 0 amide bonds. The van der Waals surface area contributed by atoms with Gasteiger partial charge in [-0.3, -0.25) is 4.79 Å². The molecule has 1 atom stereocenters. The molecule has 0 saturated carbocycles. The molecule has 26 heavy (non-hydrogen) atoms. The Bertz CT molecular complexity index is 382. The van der Waals surface area contributed by atoms with Crippen LogP contribution in [-0.2, 0) is 9.53 Å². The molecule has 0 bridgehead atoms. The van der Waals surface area contributed by atoms with E-state index in [0.29, 0.717) is 0 Å². The number of hydrogen-bond donors (Lipinski definition) is 0. The smallest absolute Gasteiger partial charge is 0.309 e. The number of hydrogen-bond acceptors (Lipinski definition) is 4. The molecular weight excluding hydrogens is 340 g/mol. The minimum absolute atomic E-state index is 0.0193. The monoisotopic (exact) mass is 384 g/mol. The molecule has 1 aliphatic rings. The molecule has 4 nitrogen and oxygen atoms in total. The Morgan fingerprint density at radius 2 is 1.50 bits per heavy atom. The van der Waals surface area contributed by atoms with Gasteiger partial charge in [0.05, 0.1) is 13.0 Å². The zero-order valence-electron chi connectivity index (χ0n) is 18.2. The number of ether oxygens (including phenoxy) is 1. The summed E-state index contributed by atoms with van der Waals surface area (Å²) in [5, 5.41) is 0. The van der Waals surface area contributed by atoms with Crippen LogP contribution in [0.1, 0.15) is 65.2 Å². The van der Waals surface area contributed by atoms with Gasteiger partial charge in [0.1, 0.15) is 8.24 Å². The lowest BCUT2D eigenvalue weighted by atomic mass is 10.1. The van der Waals surface area contributed by atoms with Crippen LogP contribution >= 0.6 is 0 Å². The average Bonchev–Trinajstić information content (AvgIpc) is 2.63. The van der Waals surface area contributed by atoms with E-state index in [0.717, 1.165) is 19.6 Å². The van der Waals surface area contributed by atoms with Crippen molar-refractivity contribution in [3.63, 3.8) is 0 Å². The molecule has 1 fully saturated rings. The van der Waals surface area contributed by atoms with Gasteiger partial charge in [-0.05, 0) is 6.04 Å². The SMILES string of the molecule is CCCCCCCCCC[Si](C)(C)N1CCN(CC(C)C(=O)OC)CC1. The van der Waals surface area contributed by atoms with Crippen LogP contribution in [0, 0.1) is 5.92 Å². The second kappa shape index (κ2) is 12.9.